The Hall–Kier alpha value is -4.53. The largest absolute Gasteiger partial charge is 0.496 e. The summed E-state index contributed by atoms with van der Waals surface area (Å²) in [6.45, 7) is 3.54. The number of ether oxygens (including phenoxy) is 1. The molecule has 0 radical (unpaired) electrons. The minimum absolute atomic E-state index is 0.0143. The summed E-state index contributed by atoms with van der Waals surface area (Å²) < 4.78 is 7.49. The van der Waals surface area contributed by atoms with Crippen LogP contribution in [0.3, 0.4) is 0 Å². The van der Waals surface area contributed by atoms with Crippen LogP contribution in [0.15, 0.2) is 48.7 Å². The van der Waals surface area contributed by atoms with Gasteiger partial charge in [-0.25, -0.2) is 4.98 Å². The summed E-state index contributed by atoms with van der Waals surface area (Å²) in [7, 11) is 3.42. The molecule has 2 aromatic heterocycles. The van der Waals surface area contributed by atoms with Gasteiger partial charge in [0.05, 0.1) is 53.4 Å². The number of pyridine rings is 1. The van der Waals surface area contributed by atoms with Gasteiger partial charge in [-0.05, 0) is 31.0 Å². The van der Waals surface area contributed by atoms with E-state index in [9.17, 15) is 19.5 Å². The van der Waals surface area contributed by atoms with Crippen molar-refractivity contribution in [1.82, 2.24) is 35.0 Å². The highest BCUT2D eigenvalue weighted by Gasteiger charge is 2.30. The van der Waals surface area contributed by atoms with E-state index in [0.29, 0.717) is 103 Å². The van der Waals surface area contributed by atoms with Gasteiger partial charge in [0, 0.05) is 92.8 Å². The molecule has 0 spiro atoms. The standard InChI is InChI=1S/C38H42Cl2N8O5/c1-46-30-12-15-48(33(51)21-47-14-11-25(49)19-47)20-29(30)44-37(46)38(52)45-28-5-3-4-26(34(28)39)27-10-13-42-36(35(27)40)22-6-7-23(31(16-22)53-2)17-41-18-24-8-9-32(50)43-24/h3-7,10,13,16,24-25,41,49H,8-9,11-12,14-15,17-21H2,1-2H3,(H,43,50)(H,45,52)/t24-,25+/m0/s1. The number of aromatic nitrogens is 3. The molecule has 2 fully saturated rings. The van der Waals surface area contributed by atoms with Crippen molar-refractivity contribution in [3.63, 3.8) is 0 Å². The van der Waals surface area contributed by atoms with Gasteiger partial charge in [-0.3, -0.25) is 24.3 Å². The van der Waals surface area contributed by atoms with E-state index in [1.54, 1.807) is 48.0 Å². The Labute approximate surface area is 317 Å². The van der Waals surface area contributed by atoms with Crippen molar-refractivity contribution in [2.24, 2.45) is 7.05 Å². The highest BCUT2D eigenvalue weighted by molar-refractivity contribution is 6.39. The second-order valence-electron chi connectivity index (χ2n) is 13.7. The van der Waals surface area contributed by atoms with Crippen LogP contribution >= 0.6 is 23.2 Å². The van der Waals surface area contributed by atoms with E-state index in [4.69, 9.17) is 27.9 Å². The summed E-state index contributed by atoms with van der Waals surface area (Å²) in [6.07, 6.45) is 3.91. The molecule has 3 aliphatic rings. The molecular formula is C38H42Cl2N8O5. The fraction of sp³-hybridized carbons (Fsp3) is 0.395. The summed E-state index contributed by atoms with van der Waals surface area (Å²) in [6, 6.07) is 13.1. The molecule has 3 aliphatic heterocycles. The normalized spacial score (nSPS) is 18.6. The van der Waals surface area contributed by atoms with Crippen LogP contribution in [0.5, 0.6) is 5.75 Å². The quantitative estimate of drug-likeness (QED) is 0.178. The fourth-order valence-electron chi connectivity index (χ4n) is 7.31. The first-order valence-electron chi connectivity index (χ1n) is 17.7. The molecule has 53 heavy (non-hydrogen) atoms. The van der Waals surface area contributed by atoms with Crippen LogP contribution in [0.4, 0.5) is 5.69 Å². The summed E-state index contributed by atoms with van der Waals surface area (Å²) in [5, 5.41) is 19.8. The Bertz CT molecular complexity index is 2050. The van der Waals surface area contributed by atoms with Crippen LogP contribution in [0.1, 0.15) is 46.8 Å². The summed E-state index contributed by atoms with van der Waals surface area (Å²) in [5.41, 5.74) is 5.51. The first-order chi connectivity index (χ1) is 25.6. The van der Waals surface area contributed by atoms with Crippen molar-refractivity contribution in [3.05, 3.63) is 81.5 Å². The molecule has 2 atom stereocenters. The van der Waals surface area contributed by atoms with Gasteiger partial charge in [-0.1, -0.05) is 47.5 Å². The second-order valence-corrected chi connectivity index (χ2v) is 14.5. The zero-order valence-electron chi connectivity index (χ0n) is 29.6. The van der Waals surface area contributed by atoms with E-state index in [-0.39, 0.29) is 36.3 Å². The number of aliphatic hydroxyl groups is 1. The number of carbonyl (C=O) groups excluding carboxylic acids is 3. The summed E-state index contributed by atoms with van der Waals surface area (Å²) >= 11 is 14.0. The maximum absolute atomic E-state index is 13.6. The smallest absolute Gasteiger partial charge is 0.291 e. The van der Waals surface area contributed by atoms with Crippen molar-refractivity contribution in [3.8, 4) is 28.1 Å². The molecule has 0 unspecified atom stereocenters. The molecule has 0 bridgehead atoms. The van der Waals surface area contributed by atoms with Gasteiger partial charge < -0.3 is 35.3 Å². The Morgan fingerprint density at radius 1 is 1.08 bits per heavy atom. The van der Waals surface area contributed by atoms with E-state index in [2.05, 4.69) is 25.9 Å². The molecule has 2 saturated heterocycles. The van der Waals surface area contributed by atoms with Crippen LogP contribution in [0.2, 0.25) is 10.0 Å². The number of carbonyl (C=O) groups is 3. The highest BCUT2D eigenvalue weighted by Crippen LogP contribution is 2.41. The molecule has 0 saturated carbocycles. The predicted molar refractivity (Wildman–Crippen MR) is 202 cm³/mol. The van der Waals surface area contributed by atoms with Crippen LogP contribution in [-0.2, 0) is 36.1 Å². The third kappa shape index (κ3) is 7.90. The van der Waals surface area contributed by atoms with Gasteiger partial charge in [0.1, 0.15) is 5.75 Å². The zero-order valence-corrected chi connectivity index (χ0v) is 31.1. The molecular weight excluding hydrogens is 719 g/mol. The molecule has 278 valence electrons. The van der Waals surface area contributed by atoms with Gasteiger partial charge in [-0.2, -0.15) is 0 Å². The van der Waals surface area contributed by atoms with Gasteiger partial charge in [-0.15, -0.1) is 0 Å². The molecule has 13 nitrogen and oxygen atoms in total. The molecule has 3 amide bonds. The van der Waals surface area contributed by atoms with Crippen molar-refractivity contribution in [1.29, 1.82) is 0 Å². The Morgan fingerprint density at radius 2 is 1.91 bits per heavy atom. The number of hydrogen-bond donors (Lipinski definition) is 4. The average molecular weight is 762 g/mol. The van der Waals surface area contributed by atoms with E-state index in [0.717, 1.165) is 23.2 Å². The number of nitrogens with one attached hydrogen (secondary N) is 3. The Balaban J connectivity index is 1.05. The zero-order chi connectivity index (χ0) is 37.2. The van der Waals surface area contributed by atoms with Crippen LogP contribution in [0, 0.1) is 0 Å². The third-order valence-corrected chi connectivity index (χ3v) is 11.0. The third-order valence-electron chi connectivity index (χ3n) is 10.2. The lowest BCUT2D eigenvalue weighted by atomic mass is 10.0. The SMILES string of the molecule is COc1cc(-c2nccc(-c3cccc(NC(=O)c4nc5c(n4C)CCN(C(=O)CN4CC[C@@H](O)C4)C5)c3Cl)c2Cl)ccc1CNC[C@@H]1CCC(=O)N1. The number of β-amino-alcohol motifs (C(OH)–C–C–N with tert-alkyl or cyclic N) is 1. The number of rotatable bonds is 11. The number of benzene rings is 2. The minimum atomic E-state index is -0.430. The number of hydrogen-bond acceptors (Lipinski definition) is 9. The number of fused-ring (bicyclic) bond motifs is 1. The lowest BCUT2D eigenvalue weighted by Crippen LogP contribution is -2.42. The molecule has 4 N–H and O–H groups in total. The van der Waals surface area contributed by atoms with Crippen LogP contribution in [0.25, 0.3) is 22.4 Å². The van der Waals surface area contributed by atoms with E-state index in [1.807, 2.05) is 29.2 Å². The number of amides is 3. The van der Waals surface area contributed by atoms with Crippen molar-refractivity contribution >= 4 is 46.6 Å². The van der Waals surface area contributed by atoms with Gasteiger partial charge in [0.2, 0.25) is 11.8 Å². The number of nitrogens with zero attached hydrogens (tertiary/aromatic N) is 5. The molecule has 7 rings (SSSR count). The number of methoxy groups -OCH3 is 1. The van der Waals surface area contributed by atoms with Crippen molar-refractivity contribution < 1.29 is 24.2 Å². The van der Waals surface area contributed by atoms with Gasteiger partial charge in [0.15, 0.2) is 5.82 Å². The summed E-state index contributed by atoms with van der Waals surface area (Å²) in [5.74, 6) is 0.538. The van der Waals surface area contributed by atoms with Crippen molar-refractivity contribution in [2.45, 2.75) is 50.9 Å². The first kappa shape index (κ1) is 36.8. The predicted octanol–water partition coefficient (Wildman–Crippen LogP) is 4.04. The van der Waals surface area contributed by atoms with Crippen LogP contribution < -0.4 is 20.7 Å². The number of likely N-dealkylation sites (tertiary alicyclic amines) is 1. The highest BCUT2D eigenvalue weighted by atomic mass is 35.5. The summed E-state index contributed by atoms with van der Waals surface area (Å²) in [4.78, 5) is 51.1. The monoisotopic (exact) mass is 760 g/mol. The Kier molecular flexibility index (Phi) is 11.0. The lowest BCUT2D eigenvalue weighted by molar-refractivity contribution is -0.133. The Morgan fingerprint density at radius 3 is 2.66 bits per heavy atom. The number of imidazole rings is 1. The van der Waals surface area contributed by atoms with Crippen molar-refractivity contribution in [2.75, 3.05) is 45.2 Å². The molecule has 15 heteroatoms. The molecule has 0 aliphatic carbocycles. The lowest BCUT2D eigenvalue weighted by Gasteiger charge is -2.28. The fourth-order valence-corrected chi connectivity index (χ4v) is 7.91. The van der Waals surface area contributed by atoms with Crippen LogP contribution in [-0.4, -0.2) is 99.1 Å². The first-order valence-corrected chi connectivity index (χ1v) is 18.5. The molecule has 4 aromatic rings. The average Bonchev–Trinajstić information content (AvgIpc) is 3.86. The van der Waals surface area contributed by atoms with Gasteiger partial charge >= 0.3 is 0 Å². The molecule has 5 heterocycles. The van der Waals surface area contributed by atoms with E-state index in [1.165, 1.54) is 0 Å². The maximum atomic E-state index is 13.6. The number of aliphatic hydroxyl groups excluding tert-OH is 1. The van der Waals surface area contributed by atoms with E-state index < -0.39 is 5.91 Å². The minimum Gasteiger partial charge on any atom is -0.496 e. The number of halogens is 2. The topological polar surface area (TPSA) is 154 Å². The molecule has 2 aromatic carbocycles. The van der Waals surface area contributed by atoms with E-state index >= 15 is 0 Å². The second kappa shape index (κ2) is 15.8. The van der Waals surface area contributed by atoms with Gasteiger partial charge in [0.25, 0.3) is 5.91 Å². The maximum Gasteiger partial charge on any atom is 0.291 e. The number of anilines is 1.